The minimum absolute atomic E-state index is 0.125. The molecule has 2 rings (SSSR count). The fraction of sp³-hybridized carbons (Fsp3) is 0.375. The summed E-state index contributed by atoms with van der Waals surface area (Å²) in [7, 11) is 2.68. The van der Waals surface area contributed by atoms with Gasteiger partial charge in [-0.25, -0.2) is 4.79 Å². The molecule has 0 amide bonds. The summed E-state index contributed by atoms with van der Waals surface area (Å²) in [4.78, 5) is 38.4. The number of Topliss-reactive ketones (excluding diaryl/α,β-unsaturated/α-hetero) is 1. The summed E-state index contributed by atoms with van der Waals surface area (Å²) in [5, 5.41) is 8.79. The van der Waals surface area contributed by atoms with E-state index in [1.807, 2.05) is 6.07 Å². The largest absolute Gasteiger partial charge is 0.468 e. The van der Waals surface area contributed by atoms with Crippen LogP contribution in [-0.2, 0) is 20.6 Å². The summed E-state index contributed by atoms with van der Waals surface area (Å²) >= 11 is 0. The lowest BCUT2D eigenvalue weighted by molar-refractivity contribution is 0.0920. The number of nitrogens with two attached hydrogens (primary N) is 1. The van der Waals surface area contributed by atoms with Gasteiger partial charge in [0.2, 0.25) is 0 Å². The van der Waals surface area contributed by atoms with Crippen molar-refractivity contribution < 1.29 is 9.21 Å². The first-order chi connectivity index (χ1) is 11.9. The van der Waals surface area contributed by atoms with Gasteiger partial charge in [-0.15, -0.1) is 0 Å². The first-order valence-corrected chi connectivity index (χ1v) is 7.57. The Morgan fingerprint density at radius 1 is 1.36 bits per heavy atom. The van der Waals surface area contributed by atoms with E-state index in [0.717, 1.165) is 9.13 Å². The highest BCUT2D eigenvalue weighted by atomic mass is 16.3. The third kappa shape index (κ3) is 3.87. The molecule has 2 aromatic heterocycles. The van der Waals surface area contributed by atoms with Gasteiger partial charge in [-0.3, -0.25) is 23.6 Å². The van der Waals surface area contributed by atoms with E-state index in [0.29, 0.717) is 18.8 Å². The molecule has 2 N–H and O–H groups in total. The van der Waals surface area contributed by atoms with Gasteiger partial charge in [0.25, 0.3) is 5.56 Å². The highest BCUT2D eigenvalue weighted by Crippen LogP contribution is 2.09. The Bertz CT molecular complexity index is 918. The van der Waals surface area contributed by atoms with Gasteiger partial charge in [-0.2, -0.15) is 5.26 Å². The van der Waals surface area contributed by atoms with Crippen LogP contribution in [0, 0.1) is 11.3 Å². The van der Waals surface area contributed by atoms with E-state index in [-0.39, 0.29) is 24.3 Å². The molecule has 9 heteroatoms. The molecular weight excluding hydrogens is 326 g/mol. The minimum Gasteiger partial charge on any atom is -0.468 e. The molecule has 0 aromatic carbocycles. The number of hydrogen-bond acceptors (Lipinski definition) is 7. The minimum atomic E-state index is -0.733. The van der Waals surface area contributed by atoms with Gasteiger partial charge in [0.1, 0.15) is 17.1 Å². The van der Waals surface area contributed by atoms with Crippen molar-refractivity contribution in [2.24, 2.45) is 14.1 Å². The number of carbonyl (C=O) groups excluding carboxylic acids is 1. The third-order valence-corrected chi connectivity index (χ3v) is 3.86. The Labute approximate surface area is 143 Å². The molecule has 0 saturated carbocycles. The second kappa shape index (κ2) is 7.63. The molecule has 9 nitrogen and oxygen atoms in total. The molecule has 0 bridgehead atoms. The lowest BCUT2D eigenvalue weighted by atomic mass is 10.1. The van der Waals surface area contributed by atoms with Crippen LogP contribution >= 0.6 is 0 Å². The van der Waals surface area contributed by atoms with Gasteiger partial charge in [0.15, 0.2) is 5.78 Å². The van der Waals surface area contributed by atoms with E-state index >= 15 is 0 Å². The average molecular weight is 345 g/mol. The molecule has 0 saturated heterocycles. The number of carbonyl (C=O) groups is 1. The summed E-state index contributed by atoms with van der Waals surface area (Å²) < 4.78 is 7.16. The third-order valence-electron chi connectivity index (χ3n) is 3.86. The van der Waals surface area contributed by atoms with Gasteiger partial charge in [-0.1, -0.05) is 0 Å². The Morgan fingerprint density at radius 2 is 2.08 bits per heavy atom. The van der Waals surface area contributed by atoms with E-state index in [9.17, 15) is 14.4 Å². The number of aromatic nitrogens is 2. The van der Waals surface area contributed by atoms with E-state index in [4.69, 9.17) is 15.4 Å². The fourth-order valence-electron chi connectivity index (χ4n) is 2.45. The van der Waals surface area contributed by atoms with Crippen LogP contribution in [-0.4, -0.2) is 32.9 Å². The van der Waals surface area contributed by atoms with Crippen molar-refractivity contribution in [3.63, 3.8) is 0 Å². The molecule has 0 spiro atoms. The number of hydrogen-bond donors (Lipinski definition) is 1. The Morgan fingerprint density at radius 3 is 2.68 bits per heavy atom. The predicted molar refractivity (Wildman–Crippen MR) is 89.9 cm³/mol. The van der Waals surface area contributed by atoms with E-state index in [2.05, 4.69) is 0 Å². The lowest BCUT2D eigenvalue weighted by Gasteiger charge is -2.19. The molecule has 0 radical (unpaired) electrons. The standard InChI is InChI=1S/C16H19N5O4/c1-19-14(18)13(15(23)20(2)16(19)24)12(22)10-21(7-4-6-17)9-11-5-3-8-25-11/h3,5,8H,4,7,9-10,18H2,1-2H3. The maximum absolute atomic E-state index is 12.6. The van der Waals surface area contributed by atoms with E-state index in [1.165, 1.54) is 20.4 Å². The number of rotatable bonds is 7. The smallest absolute Gasteiger partial charge is 0.332 e. The fourth-order valence-corrected chi connectivity index (χ4v) is 2.45. The molecule has 0 fully saturated rings. The van der Waals surface area contributed by atoms with Gasteiger partial charge in [0.05, 0.1) is 25.4 Å². The molecule has 0 atom stereocenters. The van der Waals surface area contributed by atoms with Crippen LogP contribution in [0.1, 0.15) is 22.5 Å². The SMILES string of the molecule is Cn1c(N)c(C(=O)CN(CCC#N)Cc2ccco2)c(=O)n(C)c1=O. The number of nitrogen functional groups attached to an aromatic ring is 1. The van der Waals surface area contributed by atoms with Gasteiger partial charge >= 0.3 is 5.69 Å². The van der Waals surface area contributed by atoms with Crippen molar-refractivity contribution in [2.75, 3.05) is 18.8 Å². The van der Waals surface area contributed by atoms with Gasteiger partial charge in [0, 0.05) is 27.1 Å². The van der Waals surface area contributed by atoms with Crippen LogP contribution in [0.4, 0.5) is 5.82 Å². The zero-order valence-electron chi connectivity index (χ0n) is 14.1. The zero-order valence-corrected chi connectivity index (χ0v) is 14.1. The van der Waals surface area contributed by atoms with Crippen molar-refractivity contribution in [2.45, 2.75) is 13.0 Å². The van der Waals surface area contributed by atoms with Crippen molar-refractivity contribution in [3.8, 4) is 6.07 Å². The van der Waals surface area contributed by atoms with Crippen molar-refractivity contribution in [1.29, 1.82) is 5.26 Å². The van der Waals surface area contributed by atoms with Crippen molar-refractivity contribution in [3.05, 3.63) is 50.6 Å². The maximum Gasteiger partial charge on any atom is 0.332 e. The van der Waals surface area contributed by atoms with Crippen LogP contribution in [0.5, 0.6) is 0 Å². The van der Waals surface area contributed by atoms with Gasteiger partial charge < -0.3 is 10.2 Å². The zero-order chi connectivity index (χ0) is 18.6. The summed E-state index contributed by atoms with van der Waals surface area (Å²) in [6, 6.07) is 5.50. The number of nitrogens with zero attached hydrogens (tertiary/aromatic N) is 4. The molecule has 0 unspecified atom stereocenters. The maximum atomic E-state index is 12.6. The quantitative estimate of drug-likeness (QED) is 0.692. The Kier molecular flexibility index (Phi) is 5.56. The van der Waals surface area contributed by atoms with Crippen LogP contribution in [0.2, 0.25) is 0 Å². The topological polar surface area (TPSA) is 127 Å². The monoisotopic (exact) mass is 345 g/mol. The molecule has 2 heterocycles. The summed E-state index contributed by atoms with van der Waals surface area (Å²) in [5.41, 5.74) is 4.24. The number of furan rings is 1. The lowest BCUT2D eigenvalue weighted by Crippen LogP contribution is -2.43. The summed E-state index contributed by atoms with van der Waals surface area (Å²) in [5.74, 6) is -0.0541. The summed E-state index contributed by atoms with van der Waals surface area (Å²) in [6.45, 7) is 0.515. The van der Waals surface area contributed by atoms with Crippen LogP contribution < -0.4 is 17.0 Å². The molecule has 0 aliphatic rings. The number of ketones is 1. The molecule has 0 aliphatic carbocycles. The first-order valence-electron chi connectivity index (χ1n) is 7.57. The molecule has 132 valence electrons. The molecule has 25 heavy (non-hydrogen) atoms. The Balaban J connectivity index is 2.31. The molecule has 2 aromatic rings. The highest BCUT2D eigenvalue weighted by molar-refractivity contribution is 6.01. The Hall–Kier alpha value is -3.12. The van der Waals surface area contributed by atoms with Crippen LogP contribution in [0.15, 0.2) is 32.4 Å². The normalized spacial score (nSPS) is 10.8. The molecular formula is C16H19N5O4. The van der Waals surface area contributed by atoms with Crippen LogP contribution in [0.3, 0.4) is 0 Å². The second-order valence-electron chi connectivity index (χ2n) is 5.59. The summed E-state index contributed by atoms with van der Waals surface area (Å²) in [6.07, 6.45) is 1.73. The van der Waals surface area contributed by atoms with Crippen molar-refractivity contribution >= 4 is 11.6 Å². The highest BCUT2D eigenvalue weighted by Gasteiger charge is 2.22. The second-order valence-corrected chi connectivity index (χ2v) is 5.59. The molecule has 0 aliphatic heterocycles. The van der Waals surface area contributed by atoms with E-state index < -0.39 is 17.0 Å². The van der Waals surface area contributed by atoms with Crippen LogP contribution in [0.25, 0.3) is 0 Å². The number of anilines is 1. The first kappa shape index (κ1) is 18.2. The average Bonchev–Trinajstić information content (AvgIpc) is 3.09. The van der Waals surface area contributed by atoms with Crippen molar-refractivity contribution in [1.82, 2.24) is 14.0 Å². The van der Waals surface area contributed by atoms with Gasteiger partial charge in [-0.05, 0) is 12.1 Å². The van der Waals surface area contributed by atoms with E-state index in [1.54, 1.807) is 17.0 Å². The number of nitriles is 1. The predicted octanol–water partition coefficient (Wildman–Crippen LogP) is -0.142.